The monoisotopic (exact) mass is 221 g/mol. The molecule has 2 unspecified atom stereocenters. The molecule has 0 aliphatic heterocycles. The van der Waals surface area contributed by atoms with E-state index in [0.29, 0.717) is 6.54 Å². The van der Waals surface area contributed by atoms with Crippen LogP contribution in [0.2, 0.25) is 0 Å². The summed E-state index contributed by atoms with van der Waals surface area (Å²) in [6.45, 7) is 4.43. The predicted octanol–water partition coefficient (Wildman–Crippen LogP) is 1.04. The molecule has 0 radical (unpaired) electrons. The van der Waals surface area contributed by atoms with Gasteiger partial charge in [0.25, 0.3) is 0 Å². The average molecular weight is 221 g/mol. The molecule has 1 heterocycles. The first-order chi connectivity index (χ1) is 7.61. The number of amides is 1. The van der Waals surface area contributed by atoms with Gasteiger partial charge in [-0.25, -0.2) is 0 Å². The standard InChI is InChI=1S/C12H19N3O/c1-9(13)5-7-15-12(16)10(2)11-4-3-6-14-8-11/h3-4,6,8-10H,5,7,13H2,1-2H3,(H,15,16). The number of pyridine rings is 1. The van der Waals surface area contributed by atoms with Gasteiger partial charge in [0.15, 0.2) is 0 Å². The van der Waals surface area contributed by atoms with Gasteiger partial charge in [-0.05, 0) is 31.9 Å². The molecule has 0 saturated heterocycles. The molecule has 88 valence electrons. The van der Waals surface area contributed by atoms with Gasteiger partial charge in [-0.1, -0.05) is 6.07 Å². The molecule has 1 amide bonds. The molecule has 0 fully saturated rings. The lowest BCUT2D eigenvalue weighted by Crippen LogP contribution is -2.31. The minimum atomic E-state index is -0.165. The average Bonchev–Trinajstić information content (AvgIpc) is 2.28. The molecule has 4 heteroatoms. The fourth-order valence-electron chi connectivity index (χ4n) is 1.36. The van der Waals surface area contributed by atoms with Gasteiger partial charge in [0.2, 0.25) is 5.91 Å². The molecule has 3 N–H and O–H groups in total. The SMILES string of the molecule is CC(N)CCNC(=O)C(C)c1cccnc1. The minimum Gasteiger partial charge on any atom is -0.356 e. The van der Waals surface area contributed by atoms with Crippen LogP contribution in [0.4, 0.5) is 0 Å². The number of hydrogen-bond donors (Lipinski definition) is 2. The van der Waals surface area contributed by atoms with Gasteiger partial charge in [0, 0.05) is 25.0 Å². The fourth-order valence-corrected chi connectivity index (χ4v) is 1.36. The van der Waals surface area contributed by atoms with E-state index < -0.39 is 0 Å². The number of nitrogens with zero attached hydrogens (tertiary/aromatic N) is 1. The van der Waals surface area contributed by atoms with Crippen molar-refractivity contribution in [1.29, 1.82) is 0 Å². The third-order valence-electron chi connectivity index (χ3n) is 2.48. The Morgan fingerprint density at radius 2 is 2.31 bits per heavy atom. The maximum atomic E-state index is 11.7. The molecule has 16 heavy (non-hydrogen) atoms. The van der Waals surface area contributed by atoms with Crippen LogP contribution >= 0.6 is 0 Å². The lowest BCUT2D eigenvalue weighted by molar-refractivity contribution is -0.122. The van der Waals surface area contributed by atoms with Crippen LogP contribution in [0, 0.1) is 0 Å². The number of nitrogens with one attached hydrogen (secondary N) is 1. The number of aromatic nitrogens is 1. The third-order valence-corrected chi connectivity index (χ3v) is 2.48. The zero-order valence-electron chi connectivity index (χ0n) is 9.81. The van der Waals surface area contributed by atoms with E-state index in [1.54, 1.807) is 12.4 Å². The van der Waals surface area contributed by atoms with Crippen LogP contribution in [0.1, 0.15) is 31.7 Å². The van der Waals surface area contributed by atoms with Crippen LogP contribution in [0.25, 0.3) is 0 Å². The second kappa shape index (κ2) is 6.23. The fraction of sp³-hybridized carbons (Fsp3) is 0.500. The highest BCUT2D eigenvalue weighted by atomic mass is 16.1. The van der Waals surface area contributed by atoms with Crippen molar-refractivity contribution in [3.05, 3.63) is 30.1 Å². The highest BCUT2D eigenvalue weighted by Gasteiger charge is 2.14. The maximum Gasteiger partial charge on any atom is 0.227 e. The number of carbonyl (C=O) groups is 1. The van der Waals surface area contributed by atoms with Crippen LogP contribution in [0.3, 0.4) is 0 Å². The van der Waals surface area contributed by atoms with Crippen molar-refractivity contribution in [2.75, 3.05) is 6.54 Å². The van der Waals surface area contributed by atoms with Crippen molar-refractivity contribution < 1.29 is 4.79 Å². The van der Waals surface area contributed by atoms with Crippen LogP contribution in [-0.4, -0.2) is 23.5 Å². The van der Waals surface area contributed by atoms with Gasteiger partial charge in [0.1, 0.15) is 0 Å². The Morgan fingerprint density at radius 1 is 1.56 bits per heavy atom. The Labute approximate surface area is 96.3 Å². The van der Waals surface area contributed by atoms with Gasteiger partial charge in [0.05, 0.1) is 5.92 Å². The molecule has 0 bridgehead atoms. The lowest BCUT2D eigenvalue weighted by Gasteiger charge is -2.12. The van der Waals surface area contributed by atoms with E-state index in [2.05, 4.69) is 10.3 Å². The predicted molar refractivity (Wildman–Crippen MR) is 63.9 cm³/mol. The van der Waals surface area contributed by atoms with E-state index in [9.17, 15) is 4.79 Å². The summed E-state index contributed by atoms with van der Waals surface area (Å²) >= 11 is 0. The van der Waals surface area contributed by atoms with Crippen molar-refractivity contribution in [3.63, 3.8) is 0 Å². The highest BCUT2D eigenvalue weighted by Crippen LogP contribution is 2.12. The van der Waals surface area contributed by atoms with Crippen molar-refractivity contribution >= 4 is 5.91 Å². The number of carbonyl (C=O) groups excluding carboxylic acids is 1. The van der Waals surface area contributed by atoms with E-state index in [1.807, 2.05) is 26.0 Å². The molecule has 1 aromatic heterocycles. The highest BCUT2D eigenvalue weighted by molar-refractivity contribution is 5.83. The summed E-state index contributed by atoms with van der Waals surface area (Å²) in [5.41, 5.74) is 6.54. The Bertz CT molecular complexity index is 324. The smallest absolute Gasteiger partial charge is 0.227 e. The van der Waals surface area contributed by atoms with E-state index >= 15 is 0 Å². The first-order valence-corrected chi connectivity index (χ1v) is 5.54. The van der Waals surface area contributed by atoms with E-state index in [0.717, 1.165) is 12.0 Å². The largest absolute Gasteiger partial charge is 0.356 e. The molecular formula is C12H19N3O. The van der Waals surface area contributed by atoms with Crippen LogP contribution in [-0.2, 0) is 4.79 Å². The van der Waals surface area contributed by atoms with Crippen LogP contribution < -0.4 is 11.1 Å². The molecule has 4 nitrogen and oxygen atoms in total. The molecule has 1 aromatic rings. The summed E-state index contributed by atoms with van der Waals surface area (Å²) in [5, 5.41) is 2.87. The first kappa shape index (κ1) is 12.6. The van der Waals surface area contributed by atoms with Gasteiger partial charge in [-0.2, -0.15) is 0 Å². The van der Waals surface area contributed by atoms with Crippen molar-refractivity contribution in [3.8, 4) is 0 Å². The quantitative estimate of drug-likeness (QED) is 0.780. The molecule has 0 aliphatic carbocycles. The molecular weight excluding hydrogens is 202 g/mol. The minimum absolute atomic E-state index is 0.0219. The Balaban J connectivity index is 2.43. The zero-order chi connectivity index (χ0) is 12.0. The van der Waals surface area contributed by atoms with Crippen molar-refractivity contribution in [2.24, 2.45) is 5.73 Å². The third kappa shape index (κ3) is 3.98. The van der Waals surface area contributed by atoms with E-state index in [4.69, 9.17) is 5.73 Å². The molecule has 0 spiro atoms. The van der Waals surface area contributed by atoms with Crippen LogP contribution in [0.5, 0.6) is 0 Å². The normalized spacial score (nSPS) is 14.2. The van der Waals surface area contributed by atoms with Gasteiger partial charge >= 0.3 is 0 Å². The Morgan fingerprint density at radius 3 is 2.88 bits per heavy atom. The summed E-state index contributed by atoms with van der Waals surface area (Å²) in [4.78, 5) is 15.7. The van der Waals surface area contributed by atoms with Gasteiger partial charge in [-0.3, -0.25) is 9.78 Å². The van der Waals surface area contributed by atoms with Crippen molar-refractivity contribution in [2.45, 2.75) is 32.2 Å². The van der Waals surface area contributed by atoms with Crippen LogP contribution in [0.15, 0.2) is 24.5 Å². The first-order valence-electron chi connectivity index (χ1n) is 5.54. The second-order valence-corrected chi connectivity index (χ2v) is 4.07. The van der Waals surface area contributed by atoms with Gasteiger partial charge in [-0.15, -0.1) is 0 Å². The summed E-state index contributed by atoms with van der Waals surface area (Å²) in [5.74, 6) is -0.143. The summed E-state index contributed by atoms with van der Waals surface area (Å²) < 4.78 is 0. The van der Waals surface area contributed by atoms with Crippen molar-refractivity contribution in [1.82, 2.24) is 10.3 Å². The summed E-state index contributed by atoms with van der Waals surface area (Å²) in [6, 6.07) is 3.86. The topological polar surface area (TPSA) is 68.0 Å². The summed E-state index contributed by atoms with van der Waals surface area (Å²) in [7, 11) is 0. The molecule has 0 aromatic carbocycles. The molecule has 1 rings (SSSR count). The molecule has 2 atom stereocenters. The van der Waals surface area contributed by atoms with Gasteiger partial charge < -0.3 is 11.1 Å². The van der Waals surface area contributed by atoms with E-state index in [-0.39, 0.29) is 17.9 Å². The van der Waals surface area contributed by atoms with E-state index in [1.165, 1.54) is 0 Å². The number of hydrogen-bond acceptors (Lipinski definition) is 3. The number of rotatable bonds is 5. The molecule has 0 aliphatic rings. The second-order valence-electron chi connectivity index (χ2n) is 4.07. The Hall–Kier alpha value is -1.42. The maximum absolute atomic E-state index is 11.7. The number of nitrogens with two attached hydrogens (primary N) is 1. The lowest BCUT2D eigenvalue weighted by atomic mass is 10.0. The molecule has 0 saturated carbocycles. The zero-order valence-corrected chi connectivity index (χ0v) is 9.81. The Kier molecular flexibility index (Phi) is 4.92. The summed E-state index contributed by atoms with van der Waals surface area (Å²) in [6.07, 6.45) is 4.21.